The quantitative estimate of drug-likeness (QED) is 0.676. The Hall–Kier alpha value is -2.56. The van der Waals surface area contributed by atoms with E-state index >= 15 is 0 Å². The number of hydrogen-bond acceptors (Lipinski definition) is 3. The number of furan rings is 1. The minimum absolute atomic E-state index is 0. The Bertz CT molecular complexity index is 790. The van der Waals surface area contributed by atoms with Gasteiger partial charge in [-0.05, 0) is 23.3 Å². The van der Waals surface area contributed by atoms with Crippen molar-refractivity contribution < 1.29 is 9.21 Å². The Morgan fingerprint density at radius 3 is 1.81 bits per heavy atom. The fourth-order valence-electron chi connectivity index (χ4n) is 3.62. The van der Waals surface area contributed by atoms with Gasteiger partial charge in [0.25, 0.3) is 5.91 Å². The lowest BCUT2D eigenvalue weighted by Crippen LogP contribution is -2.49. The van der Waals surface area contributed by atoms with E-state index in [1.54, 1.807) is 18.4 Å². The molecule has 1 saturated heterocycles. The van der Waals surface area contributed by atoms with Crippen LogP contribution in [0.15, 0.2) is 83.5 Å². The number of hydrogen-bond donors (Lipinski definition) is 0. The lowest BCUT2D eigenvalue weighted by atomic mass is 9.96. The first-order chi connectivity index (χ1) is 12.8. The highest BCUT2D eigenvalue weighted by molar-refractivity contribution is 5.91. The van der Waals surface area contributed by atoms with Gasteiger partial charge in [0.15, 0.2) is 5.76 Å². The summed E-state index contributed by atoms with van der Waals surface area (Å²) in [6.45, 7) is 3.08. The molecule has 0 spiro atoms. The zero-order valence-corrected chi connectivity index (χ0v) is 15.8. The van der Waals surface area contributed by atoms with Crippen molar-refractivity contribution in [2.75, 3.05) is 26.2 Å². The summed E-state index contributed by atoms with van der Waals surface area (Å²) in [5.41, 5.74) is 2.56. The average Bonchev–Trinajstić information content (AvgIpc) is 3.25. The summed E-state index contributed by atoms with van der Waals surface area (Å²) in [5, 5.41) is 0. The second kappa shape index (κ2) is 8.89. The van der Waals surface area contributed by atoms with Crippen LogP contribution in [0.5, 0.6) is 0 Å². The molecule has 0 N–H and O–H groups in total. The SMILES string of the molecule is Cl.O=C(c1ccco1)N1CCN(C(c2ccccc2)c2ccccc2)CC1. The summed E-state index contributed by atoms with van der Waals surface area (Å²) < 4.78 is 5.26. The van der Waals surface area contributed by atoms with Crippen LogP contribution in [0.25, 0.3) is 0 Å². The van der Waals surface area contributed by atoms with Gasteiger partial charge in [-0.1, -0.05) is 60.7 Å². The predicted molar refractivity (Wildman–Crippen MR) is 108 cm³/mol. The Labute approximate surface area is 165 Å². The number of rotatable bonds is 4. The van der Waals surface area contributed by atoms with E-state index in [4.69, 9.17) is 4.42 Å². The molecule has 140 valence electrons. The molecular formula is C22H23ClN2O2. The van der Waals surface area contributed by atoms with Crippen LogP contribution in [0, 0.1) is 0 Å². The second-order valence-corrected chi connectivity index (χ2v) is 6.53. The van der Waals surface area contributed by atoms with Crippen molar-refractivity contribution in [1.29, 1.82) is 0 Å². The number of piperazine rings is 1. The molecule has 1 aliphatic rings. The van der Waals surface area contributed by atoms with Crippen LogP contribution in [0.4, 0.5) is 0 Å². The zero-order valence-electron chi connectivity index (χ0n) is 15.0. The van der Waals surface area contributed by atoms with Crippen LogP contribution in [-0.2, 0) is 0 Å². The van der Waals surface area contributed by atoms with Crippen LogP contribution < -0.4 is 0 Å². The van der Waals surface area contributed by atoms with Gasteiger partial charge in [0, 0.05) is 26.2 Å². The summed E-state index contributed by atoms with van der Waals surface area (Å²) in [4.78, 5) is 16.8. The normalized spacial score (nSPS) is 14.8. The molecule has 2 heterocycles. The molecule has 0 aliphatic carbocycles. The molecule has 1 amide bonds. The molecule has 0 saturated carbocycles. The highest BCUT2D eigenvalue weighted by Crippen LogP contribution is 2.29. The third-order valence-corrected chi connectivity index (χ3v) is 4.93. The molecule has 1 aromatic heterocycles. The minimum atomic E-state index is -0.0226. The number of benzene rings is 2. The lowest BCUT2D eigenvalue weighted by Gasteiger charge is -2.39. The maximum absolute atomic E-state index is 12.5. The maximum atomic E-state index is 12.5. The third kappa shape index (κ3) is 4.24. The van der Waals surface area contributed by atoms with Crippen LogP contribution in [-0.4, -0.2) is 41.9 Å². The zero-order chi connectivity index (χ0) is 17.8. The standard InChI is InChI=1S/C22H22N2O2.ClH/c25-22(20-12-7-17-26-20)24-15-13-23(14-16-24)21(18-8-3-1-4-9-18)19-10-5-2-6-11-19;/h1-12,17,21H,13-16H2;1H. The van der Waals surface area contributed by atoms with Gasteiger partial charge in [0.2, 0.25) is 0 Å². The number of halogens is 1. The molecule has 5 heteroatoms. The molecule has 1 fully saturated rings. The smallest absolute Gasteiger partial charge is 0.289 e. The van der Waals surface area contributed by atoms with Gasteiger partial charge in [-0.3, -0.25) is 9.69 Å². The largest absolute Gasteiger partial charge is 0.459 e. The van der Waals surface area contributed by atoms with E-state index in [1.165, 1.54) is 11.1 Å². The fraction of sp³-hybridized carbons (Fsp3) is 0.227. The molecule has 0 bridgehead atoms. The topological polar surface area (TPSA) is 36.7 Å². The Kier molecular flexibility index (Phi) is 6.32. The van der Waals surface area contributed by atoms with Crippen molar-refractivity contribution in [2.45, 2.75) is 6.04 Å². The van der Waals surface area contributed by atoms with Crippen LogP contribution in [0.2, 0.25) is 0 Å². The van der Waals surface area contributed by atoms with Crippen molar-refractivity contribution in [3.8, 4) is 0 Å². The van der Waals surface area contributed by atoms with Crippen molar-refractivity contribution in [3.63, 3.8) is 0 Å². The summed E-state index contributed by atoms with van der Waals surface area (Å²) in [6.07, 6.45) is 1.55. The lowest BCUT2D eigenvalue weighted by molar-refractivity contribution is 0.0568. The first-order valence-electron chi connectivity index (χ1n) is 8.99. The average molecular weight is 383 g/mol. The molecule has 3 aromatic rings. The number of carbonyl (C=O) groups is 1. The summed E-state index contributed by atoms with van der Waals surface area (Å²) >= 11 is 0. The van der Waals surface area contributed by atoms with Crippen LogP contribution >= 0.6 is 12.4 Å². The fourth-order valence-corrected chi connectivity index (χ4v) is 3.62. The van der Waals surface area contributed by atoms with Gasteiger partial charge in [-0.15, -0.1) is 12.4 Å². The molecule has 0 atom stereocenters. The van der Waals surface area contributed by atoms with Gasteiger partial charge >= 0.3 is 0 Å². The molecule has 0 unspecified atom stereocenters. The van der Waals surface area contributed by atoms with Crippen LogP contribution in [0.1, 0.15) is 27.7 Å². The van der Waals surface area contributed by atoms with E-state index in [0.29, 0.717) is 18.8 Å². The van der Waals surface area contributed by atoms with Crippen molar-refractivity contribution in [2.24, 2.45) is 0 Å². The van der Waals surface area contributed by atoms with E-state index in [2.05, 4.69) is 53.4 Å². The van der Waals surface area contributed by atoms with Crippen molar-refractivity contribution >= 4 is 18.3 Å². The van der Waals surface area contributed by atoms with Gasteiger partial charge in [-0.2, -0.15) is 0 Å². The van der Waals surface area contributed by atoms with Crippen LogP contribution in [0.3, 0.4) is 0 Å². The van der Waals surface area contributed by atoms with Gasteiger partial charge in [-0.25, -0.2) is 0 Å². The first kappa shape index (κ1) is 19.2. The minimum Gasteiger partial charge on any atom is -0.459 e. The summed E-state index contributed by atoms with van der Waals surface area (Å²) in [7, 11) is 0. The van der Waals surface area contributed by atoms with Crippen molar-refractivity contribution in [1.82, 2.24) is 9.80 Å². The van der Waals surface area contributed by atoms with E-state index in [1.807, 2.05) is 17.0 Å². The summed E-state index contributed by atoms with van der Waals surface area (Å²) in [6, 6.07) is 24.8. The monoisotopic (exact) mass is 382 g/mol. The molecule has 0 radical (unpaired) electrons. The van der Waals surface area contributed by atoms with Gasteiger partial charge in [0.05, 0.1) is 12.3 Å². The third-order valence-electron chi connectivity index (χ3n) is 4.93. The maximum Gasteiger partial charge on any atom is 0.289 e. The highest BCUT2D eigenvalue weighted by Gasteiger charge is 2.29. The Balaban J connectivity index is 0.00000210. The van der Waals surface area contributed by atoms with E-state index in [9.17, 15) is 4.79 Å². The first-order valence-corrected chi connectivity index (χ1v) is 8.99. The van der Waals surface area contributed by atoms with Gasteiger partial charge in [0.1, 0.15) is 0 Å². The Morgan fingerprint density at radius 2 is 1.33 bits per heavy atom. The molecule has 1 aliphatic heterocycles. The number of amides is 1. The van der Waals surface area contributed by atoms with Crippen molar-refractivity contribution in [3.05, 3.63) is 95.9 Å². The Morgan fingerprint density at radius 1 is 0.778 bits per heavy atom. The summed E-state index contributed by atoms with van der Waals surface area (Å²) in [5.74, 6) is 0.395. The molecule has 4 nitrogen and oxygen atoms in total. The molecular weight excluding hydrogens is 360 g/mol. The predicted octanol–water partition coefficient (Wildman–Crippen LogP) is 4.25. The van der Waals surface area contributed by atoms with E-state index in [-0.39, 0.29) is 24.4 Å². The number of carbonyl (C=O) groups excluding carboxylic acids is 1. The second-order valence-electron chi connectivity index (χ2n) is 6.53. The molecule has 2 aromatic carbocycles. The number of nitrogens with zero attached hydrogens (tertiary/aromatic N) is 2. The molecule has 4 rings (SSSR count). The van der Waals surface area contributed by atoms with E-state index in [0.717, 1.165) is 13.1 Å². The highest BCUT2D eigenvalue weighted by atomic mass is 35.5. The molecule has 27 heavy (non-hydrogen) atoms. The van der Waals surface area contributed by atoms with Gasteiger partial charge < -0.3 is 9.32 Å². The van der Waals surface area contributed by atoms with E-state index < -0.39 is 0 Å².